The monoisotopic (exact) mass is 470 g/mol. The molecule has 32 heavy (non-hydrogen) atoms. The molecule has 3 amide bonds. The van der Waals surface area contributed by atoms with Crippen LogP contribution in [-0.4, -0.2) is 50.4 Å². The molecule has 2 heterocycles. The Morgan fingerprint density at radius 2 is 1.91 bits per heavy atom. The number of hydrogen-bond donors (Lipinski definition) is 2. The van der Waals surface area contributed by atoms with E-state index in [1.165, 1.54) is 11.8 Å². The van der Waals surface area contributed by atoms with E-state index in [0.717, 1.165) is 42.9 Å². The molecule has 2 N–H and O–H groups in total. The highest BCUT2D eigenvalue weighted by Gasteiger charge is 2.17. The summed E-state index contributed by atoms with van der Waals surface area (Å²) < 4.78 is 1.79. The summed E-state index contributed by atoms with van der Waals surface area (Å²) in [6.45, 7) is 1.96. The minimum Gasteiger partial charge on any atom is -0.351 e. The molecule has 0 atom stereocenters. The predicted octanol–water partition coefficient (Wildman–Crippen LogP) is 3.96. The minimum absolute atomic E-state index is 0.0797. The molecule has 4 rings (SSSR count). The molecule has 8 nitrogen and oxygen atoms in total. The van der Waals surface area contributed by atoms with Gasteiger partial charge < -0.3 is 15.5 Å². The summed E-state index contributed by atoms with van der Waals surface area (Å²) in [5.74, 6) is 0.0760. The van der Waals surface area contributed by atoms with Gasteiger partial charge in [-0.15, -0.1) is 10.2 Å². The lowest BCUT2D eigenvalue weighted by Crippen LogP contribution is -2.32. The Bertz CT molecular complexity index is 1100. The molecule has 1 aliphatic heterocycles. The number of amides is 3. The summed E-state index contributed by atoms with van der Waals surface area (Å²) in [5.41, 5.74) is 2.46. The standard InChI is InChI=1S/C22H23ClN6O2S/c23-17-6-4-8-19(12-17)29-15-25-27-22(29)32-14-20(30)24-13-16-5-3-7-18(11-16)26-21(31)28-9-1-2-10-28/h3-8,11-12,15H,1-2,9-10,13-14H2,(H,24,30)(H,26,31). The van der Waals surface area contributed by atoms with Crippen LogP contribution >= 0.6 is 23.4 Å². The number of anilines is 1. The molecule has 166 valence electrons. The van der Waals surface area contributed by atoms with E-state index in [-0.39, 0.29) is 17.7 Å². The van der Waals surface area contributed by atoms with Gasteiger partial charge in [-0.05, 0) is 48.7 Å². The summed E-state index contributed by atoms with van der Waals surface area (Å²) in [6.07, 6.45) is 3.69. The number of rotatable bonds is 7. The van der Waals surface area contributed by atoms with Gasteiger partial charge in [0.05, 0.1) is 11.4 Å². The molecule has 0 bridgehead atoms. The van der Waals surface area contributed by atoms with E-state index >= 15 is 0 Å². The van der Waals surface area contributed by atoms with Crippen LogP contribution in [0.3, 0.4) is 0 Å². The maximum absolute atomic E-state index is 12.4. The molecule has 3 aromatic rings. The first kappa shape index (κ1) is 22.2. The summed E-state index contributed by atoms with van der Waals surface area (Å²) in [5, 5.41) is 15.1. The van der Waals surface area contributed by atoms with Crippen molar-refractivity contribution in [1.82, 2.24) is 25.0 Å². The van der Waals surface area contributed by atoms with Gasteiger partial charge in [-0.2, -0.15) is 0 Å². The van der Waals surface area contributed by atoms with Crippen LogP contribution in [0.4, 0.5) is 10.5 Å². The summed E-state index contributed by atoms with van der Waals surface area (Å²) in [6, 6.07) is 14.8. The van der Waals surface area contributed by atoms with Crippen molar-refractivity contribution in [2.24, 2.45) is 0 Å². The Hall–Kier alpha value is -3.04. The molecule has 1 saturated heterocycles. The molecular weight excluding hydrogens is 448 g/mol. The average molecular weight is 471 g/mol. The summed E-state index contributed by atoms with van der Waals surface area (Å²) >= 11 is 7.36. The maximum Gasteiger partial charge on any atom is 0.321 e. The number of thioether (sulfide) groups is 1. The van der Waals surface area contributed by atoms with Crippen LogP contribution in [0, 0.1) is 0 Å². The van der Waals surface area contributed by atoms with E-state index in [1.54, 1.807) is 17.0 Å². The third kappa shape index (κ3) is 5.80. The fourth-order valence-electron chi connectivity index (χ4n) is 3.39. The number of carbonyl (C=O) groups excluding carboxylic acids is 2. The second-order valence-electron chi connectivity index (χ2n) is 7.35. The Balaban J connectivity index is 1.28. The summed E-state index contributed by atoms with van der Waals surface area (Å²) in [4.78, 5) is 26.4. The van der Waals surface area contributed by atoms with Gasteiger partial charge in [-0.25, -0.2) is 4.79 Å². The Kier molecular flexibility index (Phi) is 7.28. The number of likely N-dealkylation sites (tertiary alicyclic amines) is 1. The molecule has 0 saturated carbocycles. The smallest absolute Gasteiger partial charge is 0.321 e. The molecule has 1 aromatic heterocycles. The molecule has 2 aromatic carbocycles. The first-order chi connectivity index (χ1) is 15.6. The van der Waals surface area contributed by atoms with E-state index < -0.39 is 0 Å². The van der Waals surface area contributed by atoms with Crippen molar-refractivity contribution in [3.05, 3.63) is 65.4 Å². The Labute approximate surface area is 195 Å². The quantitative estimate of drug-likeness (QED) is 0.510. The zero-order chi connectivity index (χ0) is 22.3. The fraction of sp³-hybridized carbons (Fsp3) is 0.273. The zero-order valence-electron chi connectivity index (χ0n) is 17.3. The van der Waals surface area contributed by atoms with Gasteiger partial charge in [0.25, 0.3) is 0 Å². The molecule has 0 spiro atoms. The van der Waals surface area contributed by atoms with Crippen LogP contribution in [0.1, 0.15) is 18.4 Å². The van der Waals surface area contributed by atoms with E-state index in [4.69, 9.17) is 11.6 Å². The first-order valence-electron chi connectivity index (χ1n) is 10.3. The normalized spacial score (nSPS) is 13.2. The number of nitrogens with zero attached hydrogens (tertiary/aromatic N) is 4. The van der Waals surface area contributed by atoms with Gasteiger partial charge in [0, 0.05) is 30.3 Å². The Morgan fingerprint density at radius 3 is 2.72 bits per heavy atom. The number of aromatic nitrogens is 3. The molecule has 1 fully saturated rings. The minimum atomic E-state index is -0.123. The van der Waals surface area contributed by atoms with Crippen molar-refractivity contribution in [3.63, 3.8) is 0 Å². The van der Waals surface area contributed by atoms with E-state index in [1.807, 2.05) is 47.4 Å². The van der Waals surface area contributed by atoms with Crippen LogP contribution in [0.15, 0.2) is 60.0 Å². The lowest BCUT2D eigenvalue weighted by atomic mass is 10.2. The second-order valence-corrected chi connectivity index (χ2v) is 8.73. The van der Waals surface area contributed by atoms with Crippen LogP contribution in [0.2, 0.25) is 5.02 Å². The van der Waals surface area contributed by atoms with Crippen LogP contribution in [-0.2, 0) is 11.3 Å². The third-order valence-electron chi connectivity index (χ3n) is 5.00. The lowest BCUT2D eigenvalue weighted by Gasteiger charge is -2.16. The summed E-state index contributed by atoms with van der Waals surface area (Å²) in [7, 11) is 0. The van der Waals surface area contributed by atoms with Gasteiger partial charge in [-0.1, -0.05) is 41.6 Å². The lowest BCUT2D eigenvalue weighted by molar-refractivity contribution is -0.118. The van der Waals surface area contributed by atoms with Crippen LogP contribution in [0.25, 0.3) is 5.69 Å². The largest absolute Gasteiger partial charge is 0.351 e. The maximum atomic E-state index is 12.4. The highest BCUT2D eigenvalue weighted by molar-refractivity contribution is 7.99. The van der Waals surface area contributed by atoms with Gasteiger partial charge in [0.2, 0.25) is 5.91 Å². The number of carbonyl (C=O) groups is 2. The van der Waals surface area contributed by atoms with Crippen molar-refractivity contribution in [1.29, 1.82) is 0 Å². The molecular formula is C22H23ClN6O2S. The first-order valence-corrected chi connectivity index (χ1v) is 11.7. The van der Waals surface area contributed by atoms with Crippen molar-refractivity contribution in [2.75, 3.05) is 24.2 Å². The van der Waals surface area contributed by atoms with Crippen molar-refractivity contribution in [3.8, 4) is 5.69 Å². The average Bonchev–Trinajstić information content (AvgIpc) is 3.49. The molecule has 0 aliphatic carbocycles. The highest BCUT2D eigenvalue weighted by Crippen LogP contribution is 2.21. The number of halogens is 1. The van der Waals surface area contributed by atoms with E-state index in [0.29, 0.717) is 16.7 Å². The molecule has 0 unspecified atom stereocenters. The van der Waals surface area contributed by atoms with E-state index in [9.17, 15) is 9.59 Å². The Morgan fingerprint density at radius 1 is 1.09 bits per heavy atom. The SMILES string of the molecule is O=C(CSc1nncn1-c1cccc(Cl)c1)NCc1cccc(NC(=O)N2CCCC2)c1. The number of urea groups is 1. The topological polar surface area (TPSA) is 92.1 Å². The predicted molar refractivity (Wildman–Crippen MR) is 125 cm³/mol. The fourth-order valence-corrected chi connectivity index (χ4v) is 4.33. The molecule has 10 heteroatoms. The van der Waals surface area contributed by atoms with Crippen molar-refractivity contribution >= 4 is 41.0 Å². The number of benzene rings is 2. The zero-order valence-corrected chi connectivity index (χ0v) is 18.9. The van der Waals surface area contributed by atoms with Crippen LogP contribution < -0.4 is 10.6 Å². The van der Waals surface area contributed by atoms with Crippen molar-refractivity contribution in [2.45, 2.75) is 24.5 Å². The van der Waals surface area contributed by atoms with Gasteiger partial charge in [0.15, 0.2) is 5.16 Å². The van der Waals surface area contributed by atoms with E-state index in [2.05, 4.69) is 20.8 Å². The van der Waals surface area contributed by atoms with Gasteiger partial charge in [0.1, 0.15) is 6.33 Å². The third-order valence-corrected chi connectivity index (χ3v) is 6.17. The van der Waals surface area contributed by atoms with Crippen molar-refractivity contribution < 1.29 is 9.59 Å². The number of hydrogen-bond acceptors (Lipinski definition) is 5. The van der Waals surface area contributed by atoms with Crippen LogP contribution in [0.5, 0.6) is 0 Å². The highest BCUT2D eigenvalue weighted by atomic mass is 35.5. The second kappa shape index (κ2) is 10.5. The number of nitrogens with one attached hydrogen (secondary N) is 2. The molecule has 1 aliphatic rings. The molecule has 0 radical (unpaired) electrons. The van der Waals surface area contributed by atoms with Gasteiger partial charge >= 0.3 is 6.03 Å². The van der Waals surface area contributed by atoms with Gasteiger partial charge in [-0.3, -0.25) is 9.36 Å².